The van der Waals surface area contributed by atoms with Crippen molar-refractivity contribution in [2.45, 2.75) is 25.3 Å². The minimum absolute atomic E-state index is 0.113. The topological polar surface area (TPSA) is 86.7 Å². The van der Waals surface area contributed by atoms with E-state index in [0.717, 1.165) is 0 Å². The van der Waals surface area contributed by atoms with Crippen LogP contribution in [0.1, 0.15) is 29.6 Å². The molecule has 2 rings (SSSR count). The summed E-state index contributed by atoms with van der Waals surface area (Å²) in [4.78, 5) is 36.2. The Morgan fingerprint density at radius 1 is 1.24 bits per heavy atom. The molecule has 0 radical (unpaired) electrons. The number of carbonyl (C=O) groups excluding carboxylic acids is 2. The van der Waals surface area contributed by atoms with Gasteiger partial charge in [0.05, 0.1) is 0 Å². The average molecular weight is 290 g/mol. The van der Waals surface area contributed by atoms with Gasteiger partial charge in [-0.2, -0.15) is 0 Å². The van der Waals surface area contributed by atoms with Crippen LogP contribution in [0.5, 0.6) is 0 Å². The van der Waals surface area contributed by atoms with Crippen LogP contribution in [0.4, 0.5) is 0 Å². The smallest absolute Gasteiger partial charge is 0.326 e. The van der Waals surface area contributed by atoms with E-state index in [0.29, 0.717) is 24.9 Å². The summed E-state index contributed by atoms with van der Waals surface area (Å²) < 4.78 is 0. The number of carbonyl (C=O) groups is 3. The highest BCUT2D eigenvalue weighted by Gasteiger charge is 2.33. The summed E-state index contributed by atoms with van der Waals surface area (Å²) in [5, 5.41) is 11.7. The first-order valence-corrected chi connectivity index (χ1v) is 6.95. The Kier molecular flexibility index (Phi) is 4.92. The van der Waals surface area contributed by atoms with Crippen molar-refractivity contribution < 1.29 is 19.5 Å². The minimum atomic E-state index is -0.964. The van der Waals surface area contributed by atoms with Crippen molar-refractivity contribution in [3.63, 3.8) is 0 Å². The van der Waals surface area contributed by atoms with E-state index in [-0.39, 0.29) is 24.8 Å². The van der Waals surface area contributed by atoms with Gasteiger partial charge in [-0.25, -0.2) is 4.79 Å². The summed E-state index contributed by atoms with van der Waals surface area (Å²) in [7, 11) is 0. The van der Waals surface area contributed by atoms with Gasteiger partial charge in [0.2, 0.25) is 5.91 Å². The number of nitrogens with zero attached hydrogens (tertiary/aromatic N) is 1. The summed E-state index contributed by atoms with van der Waals surface area (Å²) in [6.45, 7) is 0.678. The second-order valence-corrected chi connectivity index (χ2v) is 4.96. The Balaban J connectivity index is 1.79. The highest BCUT2D eigenvalue weighted by Crippen LogP contribution is 2.18. The molecule has 2 amide bonds. The van der Waals surface area contributed by atoms with Crippen LogP contribution in [0.3, 0.4) is 0 Å². The maximum absolute atomic E-state index is 12.0. The summed E-state index contributed by atoms with van der Waals surface area (Å²) in [6.07, 6.45) is 1.32. The average Bonchev–Trinajstić information content (AvgIpc) is 2.97. The molecule has 0 saturated carbocycles. The Labute approximate surface area is 122 Å². The number of hydrogen-bond donors (Lipinski definition) is 2. The van der Waals surface area contributed by atoms with Gasteiger partial charge >= 0.3 is 5.97 Å². The minimum Gasteiger partial charge on any atom is -0.480 e. The zero-order chi connectivity index (χ0) is 15.2. The van der Waals surface area contributed by atoms with E-state index >= 15 is 0 Å². The van der Waals surface area contributed by atoms with Crippen molar-refractivity contribution in [3.8, 4) is 0 Å². The predicted octanol–water partition coefficient (Wildman–Crippen LogP) is 0.882. The monoisotopic (exact) mass is 290 g/mol. The van der Waals surface area contributed by atoms with E-state index in [1.807, 2.05) is 6.07 Å². The number of rotatable bonds is 5. The van der Waals surface area contributed by atoms with Crippen LogP contribution in [-0.4, -0.2) is 46.9 Å². The lowest BCUT2D eigenvalue weighted by Gasteiger charge is -2.21. The zero-order valence-electron chi connectivity index (χ0n) is 11.6. The molecule has 1 aromatic carbocycles. The molecule has 6 heteroatoms. The molecular weight excluding hydrogens is 272 g/mol. The lowest BCUT2D eigenvalue weighted by molar-refractivity contribution is -0.148. The molecular formula is C15H18N2O4. The van der Waals surface area contributed by atoms with Crippen molar-refractivity contribution in [1.29, 1.82) is 0 Å². The third kappa shape index (κ3) is 3.81. The van der Waals surface area contributed by atoms with Gasteiger partial charge in [0.15, 0.2) is 0 Å². The fraction of sp³-hybridized carbons (Fsp3) is 0.400. The third-order valence-corrected chi connectivity index (χ3v) is 3.52. The molecule has 21 heavy (non-hydrogen) atoms. The van der Waals surface area contributed by atoms with Gasteiger partial charge in [-0.05, 0) is 25.0 Å². The molecule has 0 aliphatic carbocycles. The number of likely N-dealkylation sites (tertiary alicyclic amines) is 1. The van der Waals surface area contributed by atoms with E-state index in [4.69, 9.17) is 5.11 Å². The lowest BCUT2D eigenvalue weighted by atomic mass is 10.2. The molecule has 0 bridgehead atoms. The number of aliphatic carboxylic acids is 1. The second kappa shape index (κ2) is 6.88. The van der Waals surface area contributed by atoms with Crippen molar-refractivity contribution in [2.24, 2.45) is 0 Å². The first kappa shape index (κ1) is 15.0. The van der Waals surface area contributed by atoms with Crippen LogP contribution in [0.2, 0.25) is 0 Å². The van der Waals surface area contributed by atoms with E-state index in [1.54, 1.807) is 24.3 Å². The fourth-order valence-electron chi connectivity index (χ4n) is 2.44. The van der Waals surface area contributed by atoms with E-state index < -0.39 is 12.0 Å². The molecule has 0 unspecified atom stereocenters. The lowest BCUT2D eigenvalue weighted by Crippen LogP contribution is -2.41. The summed E-state index contributed by atoms with van der Waals surface area (Å²) in [6, 6.07) is 8.02. The number of benzene rings is 1. The predicted molar refractivity (Wildman–Crippen MR) is 75.8 cm³/mol. The first-order valence-electron chi connectivity index (χ1n) is 6.95. The van der Waals surface area contributed by atoms with Gasteiger partial charge in [-0.3, -0.25) is 9.59 Å². The number of carboxylic acids is 1. The van der Waals surface area contributed by atoms with Crippen LogP contribution >= 0.6 is 0 Å². The normalized spacial score (nSPS) is 17.5. The van der Waals surface area contributed by atoms with Gasteiger partial charge in [-0.1, -0.05) is 18.2 Å². The molecule has 0 aromatic heterocycles. The van der Waals surface area contributed by atoms with E-state index in [9.17, 15) is 14.4 Å². The molecule has 1 aromatic rings. The Morgan fingerprint density at radius 2 is 1.95 bits per heavy atom. The zero-order valence-corrected chi connectivity index (χ0v) is 11.6. The summed E-state index contributed by atoms with van der Waals surface area (Å²) in [5.74, 6) is -1.43. The number of amides is 2. The quantitative estimate of drug-likeness (QED) is 0.843. The van der Waals surface area contributed by atoms with Gasteiger partial charge in [-0.15, -0.1) is 0 Å². The standard InChI is InChI=1S/C15H18N2O4/c18-13(17-10-4-7-12(17)15(20)21)8-9-16-14(19)11-5-2-1-3-6-11/h1-3,5-6,12H,4,7-10H2,(H,16,19)(H,20,21)/t12-/m1/s1. The van der Waals surface area contributed by atoms with E-state index in [1.165, 1.54) is 4.90 Å². The number of hydrogen-bond acceptors (Lipinski definition) is 3. The number of carboxylic acid groups (broad SMARTS) is 1. The molecule has 112 valence electrons. The fourth-order valence-corrected chi connectivity index (χ4v) is 2.44. The molecule has 1 fully saturated rings. The molecule has 1 saturated heterocycles. The molecule has 1 heterocycles. The van der Waals surface area contributed by atoms with Crippen LogP contribution in [0, 0.1) is 0 Å². The van der Waals surface area contributed by atoms with Crippen molar-refractivity contribution in [1.82, 2.24) is 10.2 Å². The summed E-state index contributed by atoms with van der Waals surface area (Å²) in [5.41, 5.74) is 0.537. The summed E-state index contributed by atoms with van der Waals surface area (Å²) >= 11 is 0. The molecule has 0 spiro atoms. The maximum Gasteiger partial charge on any atom is 0.326 e. The Hall–Kier alpha value is -2.37. The van der Waals surface area contributed by atoms with Crippen LogP contribution in [0.15, 0.2) is 30.3 Å². The van der Waals surface area contributed by atoms with Gasteiger partial charge in [0.1, 0.15) is 6.04 Å². The molecule has 1 aliphatic heterocycles. The highest BCUT2D eigenvalue weighted by atomic mass is 16.4. The van der Waals surface area contributed by atoms with Crippen molar-refractivity contribution in [3.05, 3.63) is 35.9 Å². The SMILES string of the molecule is O=C(NCCC(=O)N1CCC[C@@H]1C(=O)O)c1ccccc1. The largest absolute Gasteiger partial charge is 0.480 e. The van der Waals surface area contributed by atoms with Crippen molar-refractivity contribution >= 4 is 17.8 Å². The Bertz CT molecular complexity index is 530. The molecule has 2 N–H and O–H groups in total. The maximum atomic E-state index is 12.0. The van der Waals surface area contributed by atoms with Crippen molar-refractivity contribution in [2.75, 3.05) is 13.1 Å². The second-order valence-electron chi connectivity index (χ2n) is 4.96. The number of nitrogens with one attached hydrogen (secondary N) is 1. The molecule has 1 aliphatic rings. The third-order valence-electron chi connectivity index (χ3n) is 3.52. The van der Waals surface area contributed by atoms with E-state index in [2.05, 4.69) is 5.32 Å². The van der Waals surface area contributed by atoms with Crippen LogP contribution in [-0.2, 0) is 9.59 Å². The van der Waals surface area contributed by atoms with Crippen LogP contribution < -0.4 is 5.32 Å². The van der Waals surface area contributed by atoms with Crippen LogP contribution in [0.25, 0.3) is 0 Å². The van der Waals surface area contributed by atoms with Gasteiger partial charge < -0.3 is 15.3 Å². The first-order chi connectivity index (χ1) is 10.1. The highest BCUT2D eigenvalue weighted by molar-refractivity contribution is 5.94. The van der Waals surface area contributed by atoms with Gasteiger partial charge in [0.25, 0.3) is 5.91 Å². The van der Waals surface area contributed by atoms with Gasteiger partial charge in [0, 0.05) is 25.1 Å². The molecule has 1 atom stereocenters. The molecule has 6 nitrogen and oxygen atoms in total. The Morgan fingerprint density at radius 3 is 2.62 bits per heavy atom.